The van der Waals surface area contributed by atoms with Gasteiger partial charge in [-0.3, -0.25) is 23.7 Å². The third-order valence-corrected chi connectivity index (χ3v) is 5.62. The monoisotopic (exact) mass is 475 g/mol. The van der Waals surface area contributed by atoms with E-state index in [9.17, 15) is 14.4 Å². The lowest BCUT2D eigenvalue weighted by molar-refractivity contribution is -0.111. The lowest BCUT2D eigenvalue weighted by Crippen LogP contribution is -2.22. The first-order chi connectivity index (χ1) is 17.5. The number of hydrogen-bond donors (Lipinski definition) is 2. The van der Waals surface area contributed by atoms with E-state index in [2.05, 4.69) is 22.2 Å². The molecule has 0 aliphatic rings. The first-order valence-electron chi connectivity index (χ1n) is 11.1. The van der Waals surface area contributed by atoms with Gasteiger partial charge in [0, 0.05) is 23.1 Å². The Morgan fingerprint density at radius 3 is 2.25 bits per heavy atom. The van der Waals surface area contributed by atoms with Crippen molar-refractivity contribution >= 4 is 34.2 Å². The molecule has 3 aromatic carbocycles. The zero-order chi connectivity index (χ0) is 25.1. The Morgan fingerprint density at radius 2 is 1.50 bits per heavy atom. The lowest BCUT2D eigenvalue weighted by atomic mass is 10.2. The topological polar surface area (TPSA) is 98.0 Å². The number of carbonyl (C=O) groups is 2. The molecular weight excluding hydrogens is 454 g/mol. The van der Waals surface area contributed by atoms with E-state index >= 15 is 0 Å². The normalized spacial score (nSPS) is 10.7. The summed E-state index contributed by atoms with van der Waals surface area (Å²) in [6, 6.07) is 24.7. The summed E-state index contributed by atoms with van der Waals surface area (Å²) >= 11 is 0. The van der Waals surface area contributed by atoms with E-state index in [1.54, 1.807) is 71.6 Å². The summed E-state index contributed by atoms with van der Waals surface area (Å²) in [6.07, 6.45) is 4.41. The van der Waals surface area contributed by atoms with Gasteiger partial charge in [0.05, 0.1) is 28.6 Å². The van der Waals surface area contributed by atoms with Crippen molar-refractivity contribution < 1.29 is 9.59 Å². The molecule has 0 saturated carbocycles. The summed E-state index contributed by atoms with van der Waals surface area (Å²) in [4.78, 5) is 42.2. The maximum Gasteiger partial charge on any atom is 0.338 e. The molecule has 2 amide bonds. The Morgan fingerprint density at radius 1 is 0.778 bits per heavy atom. The van der Waals surface area contributed by atoms with Crippen molar-refractivity contribution in [2.45, 2.75) is 0 Å². The Balaban J connectivity index is 1.54. The quantitative estimate of drug-likeness (QED) is 0.352. The van der Waals surface area contributed by atoms with Crippen LogP contribution in [-0.2, 0) is 4.79 Å². The zero-order valence-electron chi connectivity index (χ0n) is 19.1. The van der Waals surface area contributed by atoms with Crippen molar-refractivity contribution in [3.63, 3.8) is 0 Å². The largest absolute Gasteiger partial charge is 0.338 e. The number of rotatable bonds is 6. The molecule has 8 heteroatoms. The summed E-state index contributed by atoms with van der Waals surface area (Å²) in [6.45, 7) is 3.46. The number of imidazole rings is 1. The minimum absolute atomic E-state index is 0.248. The molecule has 0 saturated heterocycles. The molecule has 0 bridgehead atoms. The van der Waals surface area contributed by atoms with E-state index in [0.717, 1.165) is 0 Å². The number of anilines is 2. The minimum Gasteiger partial charge on any atom is -0.322 e. The van der Waals surface area contributed by atoms with Crippen LogP contribution in [0.5, 0.6) is 0 Å². The third kappa shape index (κ3) is 4.30. The van der Waals surface area contributed by atoms with Crippen LogP contribution in [0.15, 0.2) is 115 Å². The van der Waals surface area contributed by atoms with Gasteiger partial charge in [0.15, 0.2) is 0 Å². The number of para-hydroxylation sites is 1. The Hall–Kier alpha value is -5.24. The van der Waals surface area contributed by atoms with Crippen LogP contribution in [0.3, 0.4) is 0 Å². The van der Waals surface area contributed by atoms with E-state index < -0.39 is 0 Å². The maximum atomic E-state index is 13.7. The van der Waals surface area contributed by atoms with Gasteiger partial charge in [-0.25, -0.2) is 4.79 Å². The molecule has 2 aromatic heterocycles. The van der Waals surface area contributed by atoms with Gasteiger partial charge in [0.2, 0.25) is 5.91 Å². The van der Waals surface area contributed by atoms with Gasteiger partial charge in [-0.05, 0) is 66.7 Å². The van der Waals surface area contributed by atoms with Crippen molar-refractivity contribution in [1.29, 1.82) is 0 Å². The molecular formula is C28H21N5O3. The number of hydrogen-bond acceptors (Lipinski definition) is 4. The van der Waals surface area contributed by atoms with E-state index in [-0.39, 0.29) is 17.5 Å². The smallest absolute Gasteiger partial charge is 0.322 e. The highest BCUT2D eigenvalue weighted by atomic mass is 16.2. The van der Waals surface area contributed by atoms with Gasteiger partial charge in [0.1, 0.15) is 0 Å². The first-order valence-corrected chi connectivity index (χ1v) is 11.1. The van der Waals surface area contributed by atoms with Crippen LogP contribution in [0.4, 0.5) is 11.4 Å². The van der Waals surface area contributed by atoms with Gasteiger partial charge in [-0.15, -0.1) is 0 Å². The molecule has 0 aliphatic heterocycles. The molecule has 5 aromatic rings. The van der Waals surface area contributed by atoms with Crippen LogP contribution >= 0.6 is 0 Å². The zero-order valence-corrected chi connectivity index (χ0v) is 19.1. The van der Waals surface area contributed by atoms with Crippen LogP contribution in [0.1, 0.15) is 10.4 Å². The Kier molecular flexibility index (Phi) is 5.98. The van der Waals surface area contributed by atoms with Crippen molar-refractivity contribution in [3.8, 4) is 11.4 Å². The van der Waals surface area contributed by atoms with Gasteiger partial charge >= 0.3 is 5.69 Å². The SMILES string of the molecule is C=CC(=O)Nc1cccc(-n2c(=O)n(-c3ccc(C(=O)Nc4ccccc4)cc3)c3cnccc32)c1. The number of nitrogens with one attached hydrogen (secondary N) is 2. The third-order valence-electron chi connectivity index (χ3n) is 5.62. The van der Waals surface area contributed by atoms with Crippen LogP contribution in [0.2, 0.25) is 0 Å². The van der Waals surface area contributed by atoms with Crippen LogP contribution in [0, 0.1) is 0 Å². The fourth-order valence-electron chi connectivity index (χ4n) is 3.95. The maximum absolute atomic E-state index is 13.7. The van der Waals surface area contributed by atoms with Crippen molar-refractivity contribution in [2.75, 3.05) is 10.6 Å². The lowest BCUT2D eigenvalue weighted by Gasteiger charge is -2.08. The van der Waals surface area contributed by atoms with E-state index in [1.807, 2.05) is 30.3 Å². The van der Waals surface area contributed by atoms with Crippen molar-refractivity contribution in [2.24, 2.45) is 0 Å². The van der Waals surface area contributed by atoms with Crippen LogP contribution < -0.4 is 16.3 Å². The van der Waals surface area contributed by atoms with Gasteiger partial charge in [-0.2, -0.15) is 0 Å². The van der Waals surface area contributed by atoms with Crippen LogP contribution in [0.25, 0.3) is 22.4 Å². The highest BCUT2D eigenvalue weighted by Crippen LogP contribution is 2.22. The number of aromatic nitrogens is 3. The minimum atomic E-state index is -0.345. The second-order valence-corrected chi connectivity index (χ2v) is 7.93. The number of pyridine rings is 1. The van der Waals surface area contributed by atoms with Gasteiger partial charge < -0.3 is 10.6 Å². The number of nitrogens with zero attached hydrogens (tertiary/aromatic N) is 3. The molecule has 0 spiro atoms. The van der Waals surface area contributed by atoms with E-state index in [1.165, 1.54) is 10.6 Å². The highest BCUT2D eigenvalue weighted by molar-refractivity contribution is 6.04. The molecule has 36 heavy (non-hydrogen) atoms. The van der Waals surface area contributed by atoms with Crippen molar-refractivity contribution in [1.82, 2.24) is 14.1 Å². The molecule has 176 valence electrons. The fraction of sp³-hybridized carbons (Fsp3) is 0. The summed E-state index contributed by atoms with van der Waals surface area (Å²) in [7, 11) is 0. The fourth-order valence-corrected chi connectivity index (χ4v) is 3.95. The molecule has 0 fully saturated rings. The summed E-state index contributed by atoms with van der Waals surface area (Å²) in [5.74, 6) is -0.593. The Labute approximate surface area is 206 Å². The van der Waals surface area contributed by atoms with E-state index in [4.69, 9.17) is 0 Å². The second kappa shape index (κ2) is 9.55. The molecule has 0 radical (unpaired) electrons. The molecule has 2 N–H and O–H groups in total. The van der Waals surface area contributed by atoms with Gasteiger partial charge in [-0.1, -0.05) is 30.8 Å². The second-order valence-electron chi connectivity index (χ2n) is 7.93. The summed E-state index contributed by atoms with van der Waals surface area (Å²) < 4.78 is 3.09. The standard InChI is InChI=1S/C28H21N5O3/c1-2-26(34)30-21-9-6-10-23(17-21)33-24-15-16-29-18-25(24)32(28(33)36)22-13-11-19(12-14-22)27(35)31-20-7-4-3-5-8-20/h2-18H,1H2,(H,30,34)(H,31,35). The predicted octanol–water partition coefficient (Wildman–Crippen LogP) is 4.55. The molecule has 0 atom stereocenters. The Bertz CT molecular complexity index is 1650. The van der Waals surface area contributed by atoms with Crippen molar-refractivity contribution in [3.05, 3.63) is 126 Å². The molecule has 0 aliphatic carbocycles. The highest BCUT2D eigenvalue weighted by Gasteiger charge is 2.17. The molecule has 8 nitrogen and oxygen atoms in total. The average Bonchev–Trinajstić information content (AvgIpc) is 3.21. The number of benzene rings is 3. The van der Waals surface area contributed by atoms with E-state index in [0.29, 0.717) is 39.3 Å². The molecule has 0 unspecified atom stereocenters. The summed E-state index contributed by atoms with van der Waals surface area (Å²) in [5.41, 5.74) is 3.80. The molecule has 5 rings (SSSR count). The number of amides is 2. The predicted molar refractivity (Wildman–Crippen MR) is 140 cm³/mol. The number of carbonyl (C=O) groups excluding carboxylic acids is 2. The average molecular weight is 476 g/mol. The van der Waals surface area contributed by atoms with Crippen LogP contribution in [-0.4, -0.2) is 25.9 Å². The summed E-state index contributed by atoms with van der Waals surface area (Å²) in [5, 5.41) is 5.56. The molecule has 2 heterocycles. The number of fused-ring (bicyclic) bond motifs is 1. The van der Waals surface area contributed by atoms with Gasteiger partial charge in [0.25, 0.3) is 5.91 Å². The first kappa shape index (κ1) is 22.5.